The SMILES string of the molecule is CC[C@@]1(c2ccccc2)ON(c2ccccc2C(F)(F)F)C1=O. The van der Waals surface area contributed by atoms with Crippen LogP contribution in [0.3, 0.4) is 0 Å². The highest BCUT2D eigenvalue weighted by molar-refractivity contribution is 6.03. The molecule has 1 aliphatic rings. The van der Waals surface area contributed by atoms with Crippen LogP contribution in [-0.4, -0.2) is 5.91 Å². The fourth-order valence-corrected chi connectivity index (χ4v) is 2.71. The van der Waals surface area contributed by atoms with Crippen LogP contribution in [-0.2, 0) is 21.4 Å². The molecule has 2 aromatic rings. The summed E-state index contributed by atoms with van der Waals surface area (Å²) in [5.41, 5.74) is -1.77. The largest absolute Gasteiger partial charge is 0.418 e. The topological polar surface area (TPSA) is 29.5 Å². The first kappa shape index (κ1) is 15.6. The molecule has 120 valence electrons. The van der Waals surface area contributed by atoms with Crippen LogP contribution >= 0.6 is 0 Å². The Morgan fingerprint density at radius 2 is 1.65 bits per heavy atom. The molecule has 0 aromatic heterocycles. The van der Waals surface area contributed by atoms with Gasteiger partial charge in [0.1, 0.15) is 0 Å². The number of hydrogen-bond donors (Lipinski definition) is 0. The molecular weight excluding hydrogens is 307 g/mol. The van der Waals surface area contributed by atoms with Gasteiger partial charge in [-0.25, -0.2) is 4.84 Å². The van der Waals surface area contributed by atoms with Gasteiger partial charge in [0.05, 0.1) is 11.3 Å². The minimum atomic E-state index is -4.56. The molecule has 0 spiro atoms. The molecular formula is C17H14F3NO2. The van der Waals surface area contributed by atoms with Crippen molar-refractivity contribution in [3.63, 3.8) is 0 Å². The van der Waals surface area contributed by atoms with Crippen LogP contribution in [0.15, 0.2) is 54.6 Å². The van der Waals surface area contributed by atoms with Gasteiger partial charge in [-0.2, -0.15) is 18.2 Å². The Labute approximate surface area is 131 Å². The highest BCUT2D eigenvalue weighted by atomic mass is 19.4. The molecule has 1 aliphatic heterocycles. The molecule has 1 amide bonds. The normalized spacial score (nSPS) is 21.2. The van der Waals surface area contributed by atoms with Crippen molar-refractivity contribution in [2.45, 2.75) is 25.1 Å². The molecule has 0 unspecified atom stereocenters. The second-order valence-corrected chi connectivity index (χ2v) is 5.25. The number of halogens is 3. The number of carbonyl (C=O) groups is 1. The molecule has 1 atom stereocenters. The highest BCUT2D eigenvalue weighted by Gasteiger charge is 2.56. The molecule has 0 aliphatic carbocycles. The van der Waals surface area contributed by atoms with Gasteiger partial charge in [0.15, 0.2) is 0 Å². The van der Waals surface area contributed by atoms with E-state index in [4.69, 9.17) is 4.84 Å². The molecule has 0 saturated carbocycles. The summed E-state index contributed by atoms with van der Waals surface area (Å²) in [5.74, 6) is -0.497. The van der Waals surface area contributed by atoms with Crippen molar-refractivity contribution in [3.05, 3.63) is 65.7 Å². The van der Waals surface area contributed by atoms with Gasteiger partial charge < -0.3 is 0 Å². The molecule has 1 heterocycles. The molecule has 6 heteroatoms. The molecule has 0 radical (unpaired) electrons. The standard InChI is InChI=1S/C17H14F3NO2/c1-2-16(12-8-4-3-5-9-12)15(22)21(23-16)14-11-7-6-10-13(14)17(18,19)20/h3-11H,2H2,1H3/t16-/m0/s1. The van der Waals surface area contributed by atoms with Gasteiger partial charge in [0.2, 0.25) is 5.60 Å². The van der Waals surface area contributed by atoms with Crippen molar-refractivity contribution in [1.82, 2.24) is 0 Å². The number of carbonyl (C=O) groups excluding carboxylic acids is 1. The van der Waals surface area contributed by atoms with Crippen molar-refractivity contribution in [3.8, 4) is 0 Å². The summed E-state index contributed by atoms with van der Waals surface area (Å²) >= 11 is 0. The Balaban J connectivity index is 1.97. The summed E-state index contributed by atoms with van der Waals surface area (Å²) in [6.45, 7) is 1.76. The van der Waals surface area contributed by atoms with E-state index in [1.165, 1.54) is 18.2 Å². The van der Waals surface area contributed by atoms with E-state index >= 15 is 0 Å². The Hall–Kier alpha value is -2.34. The van der Waals surface area contributed by atoms with Gasteiger partial charge in [-0.1, -0.05) is 49.4 Å². The van der Waals surface area contributed by atoms with Gasteiger partial charge in [-0.15, -0.1) is 0 Å². The number of hydroxylamine groups is 1. The number of benzene rings is 2. The van der Waals surface area contributed by atoms with Gasteiger partial charge in [-0.3, -0.25) is 4.79 Å². The molecule has 23 heavy (non-hydrogen) atoms. The van der Waals surface area contributed by atoms with Crippen molar-refractivity contribution < 1.29 is 22.8 Å². The van der Waals surface area contributed by atoms with E-state index in [0.29, 0.717) is 12.0 Å². The molecule has 1 saturated heterocycles. The predicted octanol–water partition coefficient (Wildman–Crippen LogP) is 4.29. The van der Waals surface area contributed by atoms with E-state index in [1.807, 2.05) is 0 Å². The summed E-state index contributed by atoms with van der Waals surface area (Å²) in [6, 6.07) is 13.7. The monoisotopic (exact) mass is 321 g/mol. The summed E-state index contributed by atoms with van der Waals surface area (Å²) in [7, 11) is 0. The highest BCUT2D eigenvalue weighted by Crippen LogP contribution is 2.46. The first-order chi connectivity index (χ1) is 10.9. The van der Waals surface area contributed by atoms with Crippen LogP contribution < -0.4 is 5.06 Å². The first-order valence-electron chi connectivity index (χ1n) is 7.15. The van der Waals surface area contributed by atoms with Crippen LogP contribution in [0, 0.1) is 0 Å². The third-order valence-electron chi connectivity index (χ3n) is 3.94. The van der Waals surface area contributed by atoms with Crippen LogP contribution in [0.2, 0.25) is 0 Å². The summed E-state index contributed by atoms with van der Waals surface area (Å²) < 4.78 is 39.3. The number of hydrogen-bond acceptors (Lipinski definition) is 2. The second-order valence-electron chi connectivity index (χ2n) is 5.25. The van der Waals surface area contributed by atoms with E-state index in [-0.39, 0.29) is 5.69 Å². The van der Waals surface area contributed by atoms with E-state index in [2.05, 4.69) is 0 Å². The Morgan fingerprint density at radius 3 is 2.22 bits per heavy atom. The lowest BCUT2D eigenvalue weighted by Gasteiger charge is -2.47. The molecule has 3 nitrogen and oxygen atoms in total. The van der Waals surface area contributed by atoms with Crippen LogP contribution in [0.4, 0.5) is 18.9 Å². The maximum Gasteiger partial charge on any atom is 0.418 e. The van der Waals surface area contributed by atoms with Crippen molar-refractivity contribution in [2.75, 3.05) is 5.06 Å². The van der Waals surface area contributed by atoms with Crippen LogP contribution in [0.25, 0.3) is 0 Å². The fraction of sp³-hybridized carbons (Fsp3) is 0.235. The van der Waals surface area contributed by atoms with Gasteiger partial charge in [-0.05, 0) is 24.1 Å². The Bertz CT molecular complexity index is 730. The quantitative estimate of drug-likeness (QED) is 0.844. The van der Waals surface area contributed by atoms with Gasteiger partial charge >= 0.3 is 6.18 Å². The van der Waals surface area contributed by atoms with E-state index < -0.39 is 23.2 Å². The summed E-state index contributed by atoms with van der Waals surface area (Å²) in [4.78, 5) is 18.2. The number of anilines is 1. The predicted molar refractivity (Wildman–Crippen MR) is 78.4 cm³/mol. The number of amides is 1. The molecule has 0 N–H and O–H groups in total. The third-order valence-corrected chi connectivity index (χ3v) is 3.94. The Morgan fingerprint density at radius 1 is 1.04 bits per heavy atom. The second kappa shape index (κ2) is 5.38. The maximum absolute atomic E-state index is 13.1. The van der Waals surface area contributed by atoms with Gasteiger partial charge in [0.25, 0.3) is 5.91 Å². The van der Waals surface area contributed by atoms with Gasteiger partial charge in [0, 0.05) is 0 Å². The number of alkyl halides is 3. The molecule has 3 rings (SSSR count). The summed E-state index contributed by atoms with van der Waals surface area (Å²) in [5, 5.41) is 0.735. The lowest BCUT2D eigenvalue weighted by molar-refractivity contribution is -0.192. The van der Waals surface area contributed by atoms with E-state index in [0.717, 1.165) is 11.1 Å². The smallest absolute Gasteiger partial charge is 0.268 e. The first-order valence-corrected chi connectivity index (χ1v) is 7.15. The zero-order valence-corrected chi connectivity index (χ0v) is 12.3. The van der Waals surface area contributed by atoms with E-state index in [1.54, 1.807) is 37.3 Å². The van der Waals surface area contributed by atoms with Crippen molar-refractivity contribution in [2.24, 2.45) is 0 Å². The Kier molecular flexibility index (Phi) is 3.64. The zero-order valence-electron chi connectivity index (χ0n) is 12.3. The lowest BCUT2D eigenvalue weighted by atomic mass is 9.87. The minimum absolute atomic E-state index is 0.287. The molecule has 2 aromatic carbocycles. The number of para-hydroxylation sites is 1. The van der Waals surface area contributed by atoms with Crippen molar-refractivity contribution >= 4 is 11.6 Å². The lowest BCUT2D eigenvalue weighted by Crippen LogP contribution is -2.62. The zero-order chi connectivity index (χ0) is 16.7. The summed E-state index contributed by atoms with van der Waals surface area (Å²) in [6.07, 6.45) is -4.22. The fourth-order valence-electron chi connectivity index (χ4n) is 2.71. The minimum Gasteiger partial charge on any atom is -0.268 e. The van der Waals surface area contributed by atoms with Crippen LogP contribution in [0.5, 0.6) is 0 Å². The molecule has 0 bridgehead atoms. The van der Waals surface area contributed by atoms with Crippen LogP contribution in [0.1, 0.15) is 24.5 Å². The van der Waals surface area contributed by atoms with E-state index in [9.17, 15) is 18.0 Å². The number of rotatable bonds is 3. The average molecular weight is 321 g/mol. The maximum atomic E-state index is 13.1. The molecule has 1 fully saturated rings. The number of nitrogens with zero attached hydrogens (tertiary/aromatic N) is 1. The van der Waals surface area contributed by atoms with Crippen molar-refractivity contribution in [1.29, 1.82) is 0 Å². The average Bonchev–Trinajstić information content (AvgIpc) is 2.55. The third kappa shape index (κ3) is 2.39.